The van der Waals surface area contributed by atoms with E-state index in [4.69, 9.17) is 0 Å². The van der Waals surface area contributed by atoms with Crippen molar-refractivity contribution in [2.75, 3.05) is 6.54 Å². The van der Waals surface area contributed by atoms with E-state index >= 15 is 0 Å². The first-order valence-corrected chi connectivity index (χ1v) is 6.01. The van der Waals surface area contributed by atoms with Crippen molar-refractivity contribution in [3.63, 3.8) is 0 Å². The summed E-state index contributed by atoms with van der Waals surface area (Å²) in [4.78, 5) is 4.61. The molecule has 0 bridgehead atoms. The molecule has 88 valence electrons. The number of H-pyrrole nitrogens is 1. The maximum absolute atomic E-state index is 4.61. The third kappa shape index (κ3) is 1.85. The number of nitrogens with zero attached hydrogens (tertiary/aromatic N) is 2. The summed E-state index contributed by atoms with van der Waals surface area (Å²) in [5.41, 5.74) is 1.01. The van der Waals surface area contributed by atoms with Gasteiger partial charge in [0.25, 0.3) is 0 Å². The molecule has 1 aliphatic heterocycles. The second kappa shape index (κ2) is 3.96. The van der Waals surface area contributed by atoms with Crippen LogP contribution < -0.4 is 5.32 Å². The average molecular weight is 228 g/mol. The molecule has 3 rings (SSSR count). The van der Waals surface area contributed by atoms with E-state index in [2.05, 4.69) is 27.4 Å². The molecule has 0 saturated carbocycles. The summed E-state index contributed by atoms with van der Waals surface area (Å²) in [6, 6.07) is 10.0. The summed E-state index contributed by atoms with van der Waals surface area (Å²) in [5, 5.41) is 10.8. The van der Waals surface area contributed by atoms with Gasteiger partial charge >= 0.3 is 0 Å². The van der Waals surface area contributed by atoms with Crippen LogP contribution in [0.15, 0.2) is 30.3 Å². The number of hydrogen-bond donors (Lipinski definition) is 2. The van der Waals surface area contributed by atoms with Crippen LogP contribution in [0.3, 0.4) is 0 Å². The van der Waals surface area contributed by atoms with Crippen LogP contribution in [0.25, 0.3) is 11.4 Å². The van der Waals surface area contributed by atoms with Gasteiger partial charge in [-0.3, -0.25) is 5.10 Å². The molecular weight excluding hydrogens is 212 g/mol. The number of rotatable bonds is 2. The molecular formula is C13H16N4. The fourth-order valence-corrected chi connectivity index (χ4v) is 2.32. The number of nitrogens with one attached hydrogen (secondary N) is 2. The smallest absolute Gasteiger partial charge is 0.181 e. The van der Waals surface area contributed by atoms with E-state index in [0.29, 0.717) is 0 Å². The maximum atomic E-state index is 4.61. The van der Waals surface area contributed by atoms with E-state index in [1.807, 2.05) is 30.3 Å². The summed E-state index contributed by atoms with van der Waals surface area (Å²) in [6.07, 6.45) is 2.30. The van der Waals surface area contributed by atoms with Gasteiger partial charge in [-0.15, -0.1) is 0 Å². The van der Waals surface area contributed by atoms with Crippen molar-refractivity contribution in [2.45, 2.75) is 25.3 Å². The maximum Gasteiger partial charge on any atom is 0.181 e. The minimum absolute atomic E-state index is 0.0416. The Hall–Kier alpha value is -1.68. The van der Waals surface area contributed by atoms with Crippen LogP contribution in [-0.4, -0.2) is 21.7 Å². The highest BCUT2D eigenvalue weighted by Crippen LogP contribution is 2.28. The Labute approximate surface area is 100 Å². The predicted molar refractivity (Wildman–Crippen MR) is 66.4 cm³/mol. The average Bonchev–Trinajstić information content (AvgIpc) is 2.99. The predicted octanol–water partition coefficient (Wildman–Crippen LogP) is 2.07. The summed E-state index contributed by atoms with van der Waals surface area (Å²) in [6.45, 7) is 3.23. The van der Waals surface area contributed by atoms with E-state index in [9.17, 15) is 0 Å². The molecule has 4 heteroatoms. The normalized spacial score (nSPS) is 24.1. The molecule has 0 aliphatic carbocycles. The van der Waals surface area contributed by atoms with Crippen LogP contribution >= 0.6 is 0 Å². The Morgan fingerprint density at radius 1 is 1.24 bits per heavy atom. The minimum Gasteiger partial charge on any atom is -0.305 e. The third-order valence-corrected chi connectivity index (χ3v) is 3.41. The monoisotopic (exact) mass is 228 g/mol. The number of aromatic amines is 1. The fraction of sp³-hybridized carbons (Fsp3) is 0.385. The molecule has 2 aromatic rings. The van der Waals surface area contributed by atoms with E-state index in [0.717, 1.165) is 30.2 Å². The van der Waals surface area contributed by atoms with Gasteiger partial charge in [-0.2, -0.15) is 5.10 Å². The lowest BCUT2D eigenvalue weighted by molar-refractivity contribution is 0.408. The Morgan fingerprint density at radius 3 is 2.76 bits per heavy atom. The summed E-state index contributed by atoms with van der Waals surface area (Å²) in [5.74, 6) is 1.71. The van der Waals surface area contributed by atoms with Crippen molar-refractivity contribution in [2.24, 2.45) is 0 Å². The van der Waals surface area contributed by atoms with Gasteiger partial charge in [0, 0.05) is 5.56 Å². The Kier molecular flexibility index (Phi) is 2.44. The number of benzene rings is 1. The molecule has 2 heterocycles. The Balaban J connectivity index is 1.93. The van der Waals surface area contributed by atoms with Crippen molar-refractivity contribution < 1.29 is 0 Å². The van der Waals surface area contributed by atoms with Crippen LogP contribution in [0.2, 0.25) is 0 Å². The number of aromatic nitrogens is 3. The fourth-order valence-electron chi connectivity index (χ4n) is 2.32. The third-order valence-electron chi connectivity index (χ3n) is 3.41. The van der Waals surface area contributed by atoms with E-state index in [1.165, 1.54) is 6.42 Å². The highest BCUT2D eigenvalue weighted by Gasteiger charge is 2.33. The highest BCUT2D eigenvalue weighted by molar-refractivity contribution is 5.54. The largest absolute Gasteiger partial charge is 0.305 e. The van der Waals surface area contributed by atoms with E-state index in [-0.39, 0.29) is 5.54 Å². The van der Waals surface area contributed by atoms with Crippen LogP contribution in [0.4, 0.5) is 0 Å². The molecule has 1 atom stereocenters. The van der Waals surface area contributed by atoms with Gasteiger partial charge in [0.15, 0.2) is 5.82 Å². The Morgan fingerprint density at radius 2 is 2.06 bits per heavy atom. The lowest BCUT2D eigenvalue weighted by Crippen LogP contribution is -2.34. The minimum atomic E-state index is -0.0416. The van der Waals surface area contributed by atoms with E-state index in [1.54, 1.807) is 0 Å². The van der Waals surface area contributed by atoms with Crippen molar-refractivity contribution in [1.82, 2.24) is 20.5 Å². The van der Waals surface area contributed by atoms with Crippen LogP contribution in [0.5, 0.6) is 0 Å². The summed E-state index contributed by atoms with van der Waals surface area (Å²) < 4.78 is 0. The van der Waals surface area contributed by atoms with Gasteiger partial charge in [0.05, 0.1) is 5.54 Å². The molecule has 4 nitrogen and oxygen atoms in total. The molecule has 1 unspecified atom stereocenters. The lowest BCUT2D eigenvalue weighted by Gasteiger charge is -2.20. The molecule has 1 aromatic carbocycles. The highest BCUT2D eigenvalue weighted by atomic mass is 15.2. The lowest BCUT2D eigenvalue weighted by atomic mass is 10.00. The first-order valence-electron chi connectivity index (χ1n) is 6.01. The van der Waals surface area contributed by atoms with Gasteiger partial charge in [-0.25, -0.2) is 4.98 Å². The van der Waals surface area contributed by atoms with Crippen LogP contribution in [0.1, 0.15) is 25.6 Å². The first kappa shape index (κ1) is 10.5. The van der Waals surface area contributed by atoms with Gasteiger partial charge in [-0.1, -0.05) is 30.3 Å². The van der Waals surface area contributed by atoms with Crippen LogP contribution in [0, 0.1) is 0 Å². The van der Waals surface area contributed by atoms with Crippen LogP contribution in [-0.2, 0) is 5.54 Å². The SMILES string of the molecule is CC1(c2nc(-c3ccccc3)n[nH]2)CCCN1. The zero-order valence-corrected chi connectivity index (χ0v) is 9.90. The second-order valence-corrected chi connectivity index (χ2v) is 4.74. The molecule has 1 aliphatic rings. The summed E-state index contributed by atoms with van der Waals surface area (Å²) >= 11 is 0. The Bertz CT molecular complexity index is 497. The van der Waals surface area contributed by atoms with Crippen molar-refractivity contribution >= 4 is 0 Å². The van der Waals surface area contributed by atoms with Crippen molar-refractivity contribution in [1.29, 1.82) is 0 Å². The quantitative estimate of drug-likeness (QED) is 0.827. The number of hydrogen-bond acceptors (Lipinski definition) is 3. The zero-order chi connectivity index (χ0) is 11.7. The molecule has 0 spiro atoms. The van der Waals surface area contributed by atoms with Gasteiger partial charge in [-0.05, 0) is 26.3 Å². The summed E-state index contributed by atoms with van der Waals surface area (Å²) in [7, 11) is 0. The molecule has 2 N–H and O–H groups in total. The topological polar surface area (TPSA) is 53.6 Å². The molecule has 1 fully saturated rings. The van der Waals surface area contributed by atoms with Crippen molar-refractivity contribution in [3.05, 3.63) is 36.2 Å². The van der Waals surface area contributed by atoms with E-state index < -0.39 is 0 Å². The van der Waals surface area contributed by atoms with Crippen molar-refractivity contribution in [3.8, 4) is 11.4 Å². The zero-order valence-electron chi connectivity index (χ0n) is 9.90. The molecule has 0 radical (unpaired) electrons. The second-order valence-electron chi connectivity index (χ2n) is 4.74. The molecule has 0 amide bonds. The molecule has 1 aromatic heterocycles. The van der Waals surface area contributed by atoms with Gasteiger partial charge in [0.2, 0.25) is 0 Å². The molecule has 17 heavy (non-hydrogen) atoms. The van der Waals surface area contributed by atoms with Gasteiger partial charge in [0.1, 0.15) is 5.82 Å². The van der Waals surface area contributed by atoms with Gasteiger partial charge < -0.3 is 5.32 Å². The standard InChI is InChI=1S/C13H16N4/c1-13(8-5-9-14-13)12-15-11(16-17-12)10-6-3-2-4-7-10/h2-4,6-7,14H,5,8-9H2,1H3,(H,15,16,17). The molecule has 1 saturated heterocycles. The first-order chi connectivity index (χ1) is 8.28.